The molecule has 1 heterocycles. The topological polar surface area (TPSA) is 59.2 Å². The minimum atomic E-state index is -4.98. The highest BCUT2D eigenvalue weighted by molar-refractivity contribution is 6.17. The van der Waals surface area contributed by atoms with Crippen molar-refractivity contribution in [1.82, 2.24) is 4.98 Å². The van der Waals surface area contributed by atoms with E-state index >= 15 is 0 Å². The fourth-order valence-electron chi connectivity index (χ4n) is 0.979. The lowest BCUT2D eigenvalue weighted by atomic mass is 10.2. The third-order valence-corrected chi connectivity index (χ3v) is 1.93. The summed E-state index contributed by atoms with van der Waals surface area (Å²) in [4.78, 5) is 23.9. The number of carbonyl (C=O) groups excluding carboxylic acids is 1. The first kappa shape index (κ1) is 12.6. The van der Waals surface area contributed by atoms with Gasteiger partial charge in [0.1, 0.15) is 5.56 Å². The van der Waals surface area contributed by atoms with Gasteiger partial charge >= 0.3 is 6.36 Å². The molecule has 1 aromatic rings. The number of alkyl halides is 4. The lowest BCUT2D eigenvalue weighted by molar-refractivity contribution is -0.276. The summed E-state index contributed by atoms with van der Waals surface area (Å²) in [6, 6.07) is 0. The Kier molecular flexibility index (Phi) is 3.58. The highest BCUT2D eigenvalue weighted by Crippen LogP contribution is 2.21. The Balaban J connectivity index is 3.27. The van der Waals surface area contributed by atoms with Crippen molar-refractivity contribution in [3.8, 4) is 5.88 Å². The minimum Gasteiger partial charge on any atom is -0.389 e. The van der Waals surface area contributed by atoms with Crippen molar-refractivity contribution < 1.29 is 22.7 Å². The smallest absolute Gasteiger partial charge is 0.389 e. The first-order chi connectivity index (χ1) is 7.39. The molecule has 0 saturated carbocycles. The highest BCUT2D eigenvalue weighted by Gasteiger charge is 2.33. The van der Waals surface area contributed by atoms with Crippen molar-refractivity contribution in [3.63, 3.8) is 0 Å². The van der Waals surface area contributed by atoms with E-state index in [4.69, 9.17) is 11.6 Å². The molecule has 0 aromatic carbocycles. The number of hydrogen-bond donors (Lipinski definition) is 1. The predicted molar refractivity (Wildman–Crippen MR) is 48.7 cm³/mol. The highest BCUT2D eigenvalue weighted by atomic mass is 35.5. The van der Waals surface area contributed by atoms with Gasteiger partial charge in [-0.15, -0.1) is 24.8 Å². The van der Waals surface area contributed by atoms with Gasteiger partial charge in [-0.1, -0.05) is 0 Å². The maximum atomic E-state index is 11.9. The number of rotatable bonds is 3. The molecule has 0 radical (unpaired) electrons. The second-order valence-electron chi connectivity index (χ2n) is 2.69. The van der Waals surface area contributed by atoms with Crippen molar-refractivity contribution in [2.45, 2.75) is 12.2 Å². The molecule has 8 heteroatoms. The zero-order chi connectivity index (χ0) is 12.3. The van der Waals surface area contributed by atoms with Crippen molar-refractivity contribution in [2.24, 2.45) is 0 Å². The molecule has 0 amide bonds. The Hall–Kier alpha value is -1.50. The van der Waals surface area contributed by atoms with Crippen LogP contribution >= 0.6 is 11.6 Å². The van der Waals surface area contributed by atoms with E-state index in [1.807, 2.05) is 4.98 Å². The maximum Gasteiger partial charge on any atom is 0.574 e. The van der Waals surface area contributed by atoms with Gasteiger partial charge in [0.05, 0.1) is 5.88 Å². The normalized spacial score (nSPS) is 11.2. The average Bonchev–Trinajstić information content (AvgIpc) is 2.16. The monoisotopic (exact) mass is 255 g/mol. The van der Waals surface area contributed by atoms with Gasteiger partial charge < -0.3 is 9.72 Å². The number of ether oxygens (including phenoxy) is 1. The molecule has 1 rings (SSSR count). The molecule has 4 nitrogen and oxygen atoms in total. The van der Waals surface area contributed by atoms with Crippen LogP contribution in [0.3, 0.4) is 0 Å². The number of H-pyrrole nitrogens is 1. The summed E-state index contributed by atoms with van der Waals surface area (Å²) >= 11 is 5.35. The summed E-state index contributed by atoms with van der Waals surface area (Å²) in [7, 11) is 0. The second-order valence-corrected chi connectivity index (χ2v) is 2.95. The van der Waals surface area contributed by atoms with Crippen LogP contribution in [0.15, 0.2) is 11.0 Å². The number of aldehydes is 1. The zero-order valence-electron chi connectivity index (χ0n) is 7.60. The van der Waals surface area contributed by atoms with E-state index < -0.39 is 23.2 Å². The average molecular weight is 256 g/mol. The van der Waals surface area contributed by atoms with E-state index in [1.54, 1.807) is 0 Å². The molecular formula is C8H5ClF3NO3. The van der Waals surface area contributed by atoms with Gasteiger partial charge in [-0.25, -0.2) is 0 Å². The van der Waals surface area contributed by atoms with Gasteiger partial charge in [0.15, 0.2) is 11.7 Å². The van der Waals surface area contributed by atoms with Gasteiger partial charge in [-0.05, 0) is 0 Å². The fourth-order valence-corrected chi connectivity index (χ4v) is 1.18. The van der Waals surface area contributed by atoms with E-state index in [0.29, 0.717) is 0 Å². The molecule has 0 fully saturated rings. The van der Waals surface area contributed by atoms with E-state index in [2.05, 4.69) is 4.74 Å². The predicted octanol–water partition coefficient (Wildman–Crippen LogP) is 1.82. The molecule has 0 aliphatic heterocycles. The van der Waals surface area contributed by atoms with Crippen LogP contribution in [0, 0.1) is 0 Å². The zero-order valence-corrected chi connectivity index (χ0v) is 8.35. The first-order valence-corrected chi connectivity index (χ1v) is 4.44. The Labute approximate surface area is 92.0 Å². The molecule has 0 saturated heterocycles. The molecule has 0 atom stereocenters. The molecule has 0 unspecified atom stereocenters. The summed E-state index contributed by atoms with van der Waals surface area (Å²) in [5.41, 5.74) is -1.64. The summed E-state index contributed by atoms with van der Waals surface area (Å²) < 4.78 is 39.1. The van der Waals surface area contributed by atoms with Crippen LogP contribution in [0.2, 0.25) is 0 Å². The van der Waals surface area contributed by atoms with E-state index in [9.17, 15) is 22.8 Å². The van der Waals surface area contributed by atoms with Crippen LogP contribution in [0.4, 0.5) is 13.2 Å². The van der Waals surface area contributed by atoms with Crippen LogP contribution in [0.5, 0.6) is 5.88 Å². The molecule has 1 N–H and O–H groups in total. The van der Waals surface area contributed by atoms with Crippen molar-refractivity contribution in [1.29, 1.82) is 0 Å². The van der Waals surface area contributed by atoms with Gasteiger partial charge in [-0.2, -0.15) is 0 Å². The molecule has 88 valence electrons. The second kappa shape index (κ2) is 4.56. The van der Waals surface area contributed by atoms with Gasteiger partial charge in [0.25, 0.3) is 0 Å². The first-order valence-electron chi connectivity index (χ1n) is 3.90. The number of carbonyl (C=O) groups is 1. The van der Waals surface area contributed by atoms with Crippen LogP contribution in [0.25, 0.3) is 0 Å². The van der Waals surface area contributed by atoms with Crippen LogP contribution in [-0.4, -0.2) is 17.6 Å². The van der Waals surface area contributed by atoms with Crippen LogP contribution < -0.4 is 10.2 Å². The Morgan fingerprint density at radius 2 is 2.12 bits per heavy atom. The quantitative estimate of drug-likeness (QED) is 0.662. The number of aromatic amines is 1. The Morgan fingerprint density at radius 3 is 2.56 bits per heavy atom. The number of halogens is 4. The molecule has 0 spiro atoms. The molecule has 0 aliphatic carbocycles. The van der Waals surface area contributed by atoms with Gasteiger partial charge in [0.2, 0.25) is 5.88 Å². The summed E-state index contributed by atoms with van der Waals surface area (Å²) in [5, 5.41) is 0. The molecule has 0 bridgehead atoms. The van der Waals surface area contributed by atoms with Crippen LogP contribution in [0.1, 0.15) is 15.9 Å². The summed E-state index contributed by atoms with van der Waals surface area (Å²) in [5.74, 6) is -1.16. The summed E-state index contributed by atoms with van der Waals surface area (Å²) in [6.07, 6.45) is -4.04. The number of hydrogen-bond acceptors (Lipinski definition) is 3. The third-order valence-electron chi connectivity index (χ3n) is 1.64. The molecule has 0 aliphatic rings. The third kappa shape index (κ3) is 2.75. The van der Waals surface area contributed by atoms with E-state index in [-0.39, 0.29) is 17.7 Å². The summed E-state index contributed by atoms with van der Waals surface area (Å²) in [6.45, 7) is 0. The maximum absolute atomic E-state index is 11.9. The number of aromatic nitrogens is 1. The standard InChI is InChI=1S/C8H5ClF3NO3/c9-1-4-2-13-7(16-8(10,11)12)5(3-14)6(4)15/h2-3H,1H2,(H,13,15). The lowest BCUT2D eigenvalue weighted by Crippen LogP contribution is -2.23. The van der Waals surface area contributed by atoms with Crippen molar-refractivity contribution >= 4 is 17.9 Å². The van der Waals surface area contributed by atoms with Gasteiger partial charge in [0, 0.05) is 11.8 Å². The van der Waals surface area contributed by atoms with Crippen molar-refractivity contribution in [3.05, 3.63) is 27.5 Å². The molecule has 16 heavy (non-hydrogen) atoms. The SMILES string of the molecule is O=Cc1c(OC(F)(F)F)[nH]cc(CCl)c1=O. The minimum absolute atomic E-state index is 0.0155. The number of pyridine rings is 1. The van der Waals surface area contributed by atoms with Crippen molar-refractivity contribution in [2.75, 3.05) is 0 Å². The molecular weight excluding hydrogens is 251 g/mol. The molecule has 1 aromatic heterocycles. The van der Waals surface area contributed by atoms with E-state index in [0.717, 1.165) is 6.20 Å². The fraction of sp³-hybridized carbons (Fsp3) is 0.250. The Morgan fingerprint density at radius 1 is 1.50 bits per heavy atom. The largest absolute Gasteiger partial charge is 0.574 e. The van der Waals surface area contributed by atoms with Gasteiger partial charge in [-0.3, -0.25) is 9.59 Å². The Bertz CT molecular complexity index is 455. The lowest BCUT2D eigenvalue weighted by Gasteiger charge is -2.10. The van der Waals surface area contributed by atoms with Crippen LogP contribution in [-0.2, 0) is 5.88 Å². The number of nitrogens with one attached hydrogen (secondary N) is 1. The van der Waals surface area contributed by atoms with E-state index in [1.165, 1.54) is 0 Å².